The van der Waals surface area contributed by atoms with Crippen LogP contribution in [0.25, 0.3) is 11.1 Å². The Hall–Kier alpha value is -2.39. The van der Waals surface area contributed by atoms with Crippen LogP contribution >= 0.6 is 11.3 Å². The van der Waals surface area contributed by atoms with Crippen LogP contribution in [0.1, 0.15) is 65.3 Å². The first kappa shape index (κ1) is 25.3. The summed E-state index contributed by atoms with van der Waals surface area (Å²) in [6, 6.07) is 5.62. The van der Waals surface area contributed by atoms with E-state index in [4.69, 9.17) is 9.15 Å². The molecule has 3 aromatic rings. The minimum absolute atomic E-state index is 0.161. The average molecular weight is 518 g/mol. The van der Waals surface area contributed by atoms with Gasteiger partial charge in [-0.25, -0.2) is 18.7 Å². The first-order valence-electron chi connectivity index (χ1n) is 13.0. The number of oxazole rings is 1. The minimum atomic E-state index is -2.47. The maximum atomic E-state index is 13.0. The van der Waals surface area contributed by atoms with Gasteiger partial charge in [-0.1, -0.05) is 30.2 Å². The minimum Gasteiger partial charge on any atom is -0.464 e. The quantitative estimate of drug-likeness (QED) is 0.319. The Morgan fingerprint density at radius 1 is 1.17 bits per heavy atom. The number of carbonyl (C=O) groups is 1. The Morgan fingerprint density at radius 3 is 2.75 bits per heavy atom. The molecule has 0 bridgehead atoms. The van der Waals surface area contributed by atoms with Crippen LogP contribution in [-0.4, -0.2) is 53.3 Å². The number of alkyl halides is 2. The molecule has 0 atom stereocenters. The van der Waals surface area contributed by atoms with Crippen LogP contribution in [0.5, 0.6) is 5.19 Å². The summed E-state index contributed by atoms with van der Waals surface area (Å²) < 4.78 is 35.6. The molecule has 1 saturated carbocycles. The Bertz CT molecular complexity index is 1160. The maximum absolute atomic E-state index is 13.0. The highest BCUT2D eigenvalue weighted by molar-refractivity contribution is 7.13. The van der Waals surface area contributed by atoms with Crippen LogP contribution in [-0.2, 0) is 12.8 Å². The molecule has 194 valence electrons. The molecule has 2 aromatic heterocycles. The molecule has 0 saturated heterocycles. The zero-order valence-electron chi connectivity index (χ0n) is 20.7. The van der Waals surface area contributed by atoms with E-state index in [-0.39, 0.29) is 5.78 Å². The number of Topliss-reactive ketones (excluding diaryl/α,β-unsaturated/α-hetero) is 1. The van der Waals surface area contributed by atoms with Gasteiger partial charge in [0.25, 0.3) is 11.6 Å². The summed E-state index contributed by atoms with van der Waals surface area (Å²) in [5.74, 6) is 1.90. The molecule has 36 heavy (non-hydrogen) atoms. The van der Waals surface area contributed by atoms with Gasteiger partial charge in [0.05, 0.1) is 11.3 Å². The number of nitrogens with zero attached hydrogens (tertiary/aromatic N) is 3. The van der Waals surface area contributed by atoms with Gasteiger partial charge in [0, 0.05) is 37.7 Å². The first-order valence-corrected chi connectivity index (χ1v) is 13.8. The molecule has 0 unspecified atom stereocenters. The third-order valence-corrected chi connectivity index (χ3v) is 8.60. The number of para-hydroxylation sites is 1. The highest BCUT2D eigenvalue weighted by atomic mass is 32.1. The van der Waals surface area contributed by atoms with E-state index in [2.05, 4.69) is 14.9 Å². The lowest BCUT2D eigenvalue weighted by Crippen LogP contribution is -2.29. The lowest BCUT2D eigenvalue weighted by Gasteiger charge is -2.30. The highest BCUT2D eigenvalue weighted by Gasteiger charge is 2.26. The lowest BCUT2D eigenvalue weighted by molar-refractivity contribution is 0.0816. The Kier molecular flexibility index (Phi) is 7.96. The fourth-order valence-corrected chi connectivity index (χ4v) is 6.50. The van der Waals surface area contributed by atoms with Crippen molar-refractivity contribution < 1.29 is 22.7 Å². The predicted octanol–water partition coefficient (Wildman–Crippen LogP) is 6.11. The van der Waals surface area contributed by atoms with Gasteiger partial charge in [0.1, 0.15) is 5.52 Å². The van der Waals surface area contributed by atoms with Crippen molar-refractivity contribution in [3.63, 3.8) is 0 Å². The van der Waals surface area contributed by atoms with Crippen molar-refractivity contribution in [2.24, 2.45) is 11.8 Å². The van der Waals surface area contributed by atoms with Crippen molar-refractivity contribution in [1.82, 2.24) is 14.9 Å². The van der Waals surface area contributed by atoms with Crippen molar-refractivity contribution in [3.8, 4) is 5.19 Å². The topological polar surface area (TPSA) is 68.5 Å². The van der Waals surface area contributed by atoms with Crippen LogP contribution < -0.4 is 4.74 Å². The monoisotopic (exact) mass is 517 g/mol. The number of benzene rings is 1. The van der Waals surface area contributed by atoms with E-state index < -0.39 is 13.0 Å². The summed E-state index contributed by atoms with van der Waals surface area (Å²) in [4.78, 5) is 25.5. The molecule has 9 heteroatoms. The van der Waals surface area contributed by atoms with Gasteiger partial charge in [-0.2, -0.15) is 0 Å². The first-order chi connectivity index (χ1) is 17.4. The molecule has 6 nitrogen and oxygen atoms in total. The van der Waals surface area contributed by atoms with Crippen LogP contribution in [0.4, 0.5) is 8.78 Å². The molecule has 1 aliphatic heterocycles. The van der Waals surface area contributed by atoms with E-state index in [0.29, 0.717) is 40.5 Å². The molecule has 3 heterocycles. The summed E-state index contributed by atoms with van der Waals surface area (Å²) in [7, 11) is 0. The maximum Gasteiger partial charge on any atom is 0.273 e. The molecule has 5 rings (SSSR count). The van der Waals surface area contributed by atoms with Gasteiger partial charge in [-0.05, 0) is 56.2 Å². The van der Waals surface area contributed by atoms with Crippen LogP contribution in [0.3, 0.4) is 0 Å². The SMILES string of the molecule is Cc1nc2cccc(C(=O)CC3CCC(CCN4CCc5nc(OCC(F)F)sc5CC4)CC3)c2o1. The van der Waals surface area contributed by atoms with Gasteiger partial charge in [-0.15, -0.1) is 0 Å². The average Bonchev–Trinajstić information content (AvgIpc) is 3.39. The number of hydrogen-bond donors (Lipinski definition) is 0. The lowest BCUT2D eigenvalue weighted by atomic mass is 9.78. The number of fused-ring (bicyclic) bond motifs is 2. The fraction of sp³-hybridized carbons (Fsp3) is 0.593. The van der Waals surface area contributed by atoms with E-state index >= 15 is 0 Å². The molecular formula is C27H33F2N3O3S. The normalized spacial score (nSPS) is 21.0. The van der Waals surface area contributed by atoms with E-state index in [1.165, 1.54) is 35.5 Å². The molecule has 1 aliphatic carbocycles. The van der Waals surface area contributed by atoms with Gasteiger partial charge in [0.15, 0.2) is 23.9 Å². The van der Waals surface area contributed by atoms with Gasteiger partial charge >= 0.3 is 0 Å². The van der Waals surface area contributed by atoms with E-state index in [1.54, 1.807) is 0 Å². The van der Waals surface area contributed by atoms with E-state index in [0.717, 1.165) is 56.5 Å². The Morgan fingerprint density at radius 2 is 1.94 bits per heavy atom. The standard InChI is InChI=1S/C27H33F2N3O3S/c1-17-30-22-4-2-3-20(26(22)35-17)23(33)15-19-7-5-18(6-8-19)9-12-32-13-10-21-24(11-14-32)36-27(31-21)34-16-25(28)29/h2-4,18-19,25H,5-16H2,1H3. The second-order valence-corrected chi connectivity index (χ2v) is 11.1. The van der Waals surface area contributed by atoms with Gasteiger partial charge in [-0.3, -0.25) is 4.79 Å². The van der Waals surface area contributed by atoms with Gasteiger partial charge < -0.3 is 14.1 Å². The number of ketones is 1. The molecule has 1 aromatic carbocycles. The number of halogens is 2. The molecule has 0 N–H and O–H groups in total. The van der Waals surface area contributed by atoms with Crippen molar-refractivity contribution in [3.05, 3.63) is 40.2 Å². The number of rotatable bonds is 9. The third-order valence-electron chi connectivity index (χ3n) is 7.53. The zero-order chi connectivity index (χ0) is 25.1. The van der Waals surface area contributed by atoms with Gasteiger partial charge in [0.2, 0.25) is 0 Å². The van der Waals surface area contributed by atoms with E-state index in [1.807, 2.05) is 25.1 Å². The van der Waals surface area contributed by atoms with E-state index in [9.17, 15) is 13.6 Å². The number of aromatic nitrogens is 2. The van der Waals surface area contributed by atoms with Crippen LogP contribution in [0.2, 0.25) is 0 Å². The summed E-state index contributed by atoms with van der Waals surface area (Å²) >= 11 is 1.41. The molecule has 0 radical (unpaired) electrons. The summed E-state index contributed by atoms with van der Waals surface area (Å²) in [5, 5.41) is 0.372. The summed E-state index contributed by atoms with van der Waals surface area (Å²) in [6.45, 7) is 4.21. The summed E-state index contributed by atoms with van der Waals surface area (Å²) in [5.41, 5.74) is 3.04. The van der Waals surface area contributed by atoms with Crippen LogP contribution in [0.15, 0.2) is 22.6 Å². The summed E-state index contributed by atoms with van der Waals surface area (Å²) in [6.07, 6.45) is 5.59. The number of thiazole rings is 1. The number of ether oxygens (including phenoxy) is 1. The fourth-order valence-electron chi connectivity index (χ4n) is 5.55. The van der Waals surface area contributed by atoms with Crippen molar-refractivity contribution in [2.45, 2.75) is 64.7 Å². The smallest absolute Gasteiger partial charge is 0.273 e. The van der Waals surface area contributed by atoms with Crippen molar-refractivity contribution in [1.29, 1.82) is 0 Å². The Labute approximate surface area is 214 Å². The molecular weight excluding hydrogens is 484 g/mol. The zero-order valence-corrected chi connectivity index (χ0v) is 21.5. The second kappa shape index (κ2) is 11.3. The van der Waals surface area contributed by atoms with Crippen molar-refractivity contribution >= 4 is 28.2 Å². The molecule has 1 fully saturated rings. The number of carbonyl (C=O) groups excluding carboxylic acids is 1. The van der Waals surface area contributed by atoms with Crippen molar-refractivity contribution in [2.75, 3.05) is 26.2 Å². The van der Waals surface area contributed by atoms with Crippen LogP contribution in [0, 0.1) is 18.8 Å². The number of aryl methyl sites for hydroxylation is 1. The molecule has 0 amide bonds. The number of hydrogen-bond acceptors (Lipinski definition) is 7. The molecule has 2 aliphatic rings. The Balaban J connectivity index is 1.04. The largest absolute Gasteiger partial charge is 0.464 e. The predicted molar refractivity (Wildman–Crippen MR) is 135 cm³/mol. The highest BCUT2D eigenvalue weighted by Crippen LogP contribution is 2.35. The third kappa shape index (κ3) is 6.11. The molecule has 0 spiro atoms. The second-order valence-electron chi connectivity index (χ2n) is 10.1.